The van der Waals surface area contributed by atoms with Gasteiger partial charge < -0.3 is 10.1 Å². The van der Waals surface area contributed by atoms with Crippen molar-refractivity contribution in [1.29, 1.82) is 0 Å². The van der Waals surface area contributed by atoms with Gasteiger partial charge in [-0.1, -0.05) is 0 Å². The number of esters is 1. The monoisotopic (exact) mass is 238 g/mol. The van der Waals surface area contributed by atoms with Crippen LogP contribution >= 0.6 is 0 Å². The number of benzene rings is 1. The summed E-state index contributed by atoms with van der Waals surface area (Å²) in [6, 6.07) is 4.23. The summed E-state index contributed by atoms with van der Waals surface area (Å²) in [6.07, 6.45) is 0. The zero-order valence-corrected chi connectivity index (χ0v) is 9.73. The Bertz CT molecular complexity index is 431. The van der Waals surface area contributed by atoms with Gasteiger partial charge in [-0.05, 0) is 26.0 Å². The number of anilines is 1. The lowest BCUT2D eigenvalue weighted by Crippen LogP contribution is -2.07. The first-order valence-corrected chi connectivity index (χ1v) is 5.29. The molecule has 0 heterocycles. The topological polar surface area (TPSA) is 81.5 Å². The molecule has 0 aliphatic carbocycles. The van der Waals surface area contributed by atoms with Gasteiger partial charge in [0, 0.05) is 12.6 Å². The molecule has 6 heteroatoms. The van der Waals surface area contributed by atoms with Crippen LogP contribution in [0.2, 0.25) is 0 Å². The highest BCUT2D eigenvalue weighted by Gasteiger charge is 2.17. The van der Waals surface area contributed by atoms with E-state index in [1.165, 1.54) is 18.2 Å². The van der Waals surface area contributed by atoms with Crippen molar-refractivity contribution in [1.82, 2.24) is 0 Å². The maximum absolute atomic E-state index is 11.4. The Hall–Kier alpha value is -2.11. The second kappa shape index (κ2) is 5.83. The van der Waals surface area contributed by atoms with Crippen LogP contribution in [-0.2, 0) is 4.74 Å². The van der Waals surface area contributed by atoms with Crippen molar-refractivity contribution >= 4 is 17.3 Å². The Labute approximate surface area is 98.7 Å². The summed E-state index contributed by atoms with van der Waals surface area (Å²) in [7, 11) is 0. The molecule has 0 saturated heterocycles. The van der Waals surface area contributed by atoms with E-state index in [2.05, 4.69) is 5.32 Å². The Morgan fingerprint density at radius 2 is 2.18 bits per heavy atom. The van der Waals surface area contributed by atoms with E-state index in [-0.39, 0.29) is 17.9 Å². The highest BCUT2D eigenvalue weighted by molar-refractivity contribution is 5.91. The number of nitrogens with one attached hydrogen (secondary N) is 1. The van der Waals surface area contributed by atoms with Gasteiger partial charge in [-0.3, -0.25) is 10.1 Å². The van der Waals surface area contributed by atoms with Crippen LogP contribution < -0.4 is 5.32 Å². The molecular formula is C11H14N2O4. The molecule has 0 fully saturated rings. The van der Waals surface area contributed by atoms with Crippen molar-refractivity contribution < 1.29 is 14.5 Å². The van der Waals surface area contributed by atoms with Crippen LogP contribution in [0.1, 0.15) is 24.2 Å². The van der Waals surface area contributed by atoms with Crippen LogP contribution in [0.3, 0.4) is 0 Å². The maximum atomic E-state index is 11.4. The van der Waals surface area contributed by atoms with Crippen molar-refractivity contribution in [2.75, 3.05) is 18.5 Å². The molecular weight excluding hydrogens is 224 g/mol. The quantitative estimate of drug-likeness (QED) is 0.483. The fourth-order valence-corrected chi connectivity index (χ4v) is 1.36. The van der Waals surface area contributed by atoms with Crippen LogP contribution in [0.4, 0.5) is 11.4 Å². The fraction of sp³-hybridized carbons (Fsp3) is 0.364. The molecule has 1 N–H and O–H groups in total. The lowest BCUT2D eigenvalue weighted by Gasteiger charge is -2.06. The number of carbonyl (C=O) groups is 1. The number of nitro groups is 1. The predicted molar refractivity (Wildman–Crippen MR) is 63.2 cm³/mol. The summed E-state index contributed by atoms with van der Waals surface area (Å²) < 4.78 is 4.78. The molecule has 1 aromatic carbocycles. The zero-order valence-electron chi connectivity index (χ0n) is 9.73. The third kappa shape index (κ3) is 3.17. The summed E-state index contributed by atoms with van der Waals surface area (Å²) in [4.78, 5) is 21.7. The molecule has 17 heavy (non-hydrogen) atoms. The lowest BCUT2D eigenvalue weighted by molar-refractivity contribution is -0.384. The Morgan fingerprint density at radius 1 is 1.47 bits per heavy atom. The summed E-state index contributed by atoms with van der Waals surface area (Å²) >= 11 is 0. The second-order valence-corrected chi connectivity index (χ2v) is 3.24. The molecule has 0 aliphatic heterocycles. The highest BCUT2D eigenvalue weighted by Crippen LogP contribution is 2.25. The van der Waals surface area contributed by atoms with Crippen LogP contribution in [0.5, 0.6) is 0 Å². The molecule has 0 unspecified atom stereocenters. The molecule has 6 nitrogen and oxygen atoms in total. The van der Waals surface area contributed by atoms with Crippen molar-refractivity contribution in [3.8, 4) is 0 Å². The third-order valence-electron chi connectivity index (χ3n) is 2.07. The number of rotatable bonds is 5. The van der Waals surface area contributed by atoms with E-state index in [0.29, 0.717) is 12.2 Å². The summed E-state index contributed by atoms with van der Waals surface area (Å²) in [6.45, 7) is 4.32. The molecule has 0 atom stereocenters. The highest BCUT2D eigenvalue weighted by atomic mass is 16.6. The van der Waals surface area contributed by atoms with Gasteiger partial charge in [0.05, 0.1) is 17.1 Å². The molecule has 0 radical (unpaired) electrons. The van der Waals surface area contributed by atoms with E-state index in [4.69, 9.17) is 4.74 Å². The molecule has 0 bridgehead atoms. The van der Waals surface area contributed by atoms with Gasteiger partial charge in [-0.15, -0.1) is 0 Å². The molecule has 92 valence electrons. The number of carbonyl (C=O) groups excluding carboxylic acids is 1. The Morgan fingerprint density at radius 3 is 2.71 bits per heavy atom. The number of nitro benzene ring substituents is 1. The molecule has 0 saturated carbocycles. The number of ether oxygens (including phenoxy) is 1. The summed E-state index contributed by atoms with van der Waals surface area (Å²) in [5, 5.41) is 13.7. The minimum Gasteiger partial charge on any atom is -0.462 e. The van der Waals surface area contributed by atoms with Gasteiger partial charge in [0.15, 0.2) is 0 Å². The molecule has 0 aromatic heterocycles. The largest absolute Gasteiger partial charge is 0.462 e. The van der Waals surface area contributed by atoms with Gasteiger partial charge in [0.25, 0.3) is 5.69 Å². The third-order valence-corrected chi connectivity index (χ3v) is 2.07. The molecule has 0 amide bonds. The molecule has 1 aromatic rings. The van der Waals surface area contributed by atoms with Gasteiger partial charge in [-0.25, -0.2) is 4.79 Å². The van der Waals surface area contributed by atoms with E-state index in [0.717, 1.165) is 0 Å². The van der Waals surface area contributed by atoms with E-state index in [1.54, 1.807) is 6.92 Å². The van der Waals surface area contributed by atoms with Crippen LogP contribution in [-0.4, -0.2) is 24.0 Å². The van der Waals surface area contributed by atoms with Crippen molar-refractivity contribution in [2.45, 2.75) is 13.8 Å². The predicted octanol–water partition coefficient (Wildman–Crippen LogP) is 2.20. The minimum absolute atomic E-state index is 0.127. The first kappa shape index (κ1) is 13.0. The smallest absolute Gasteiger partial charge is 0.338 e. The number of hydrogen-bond acceptors (Lipinski definition) is 5. The maximum Gasteiger partial charge on any atom is 0.338 e. The second-order valence-electron chi connectivity index (χ2n) is 3.24. The number of hydrogen-bond donors (Lipinski definition) is 1. The summed E-state index contributed by atoms with van der Waals surface area (Å²) in [5.74, 6) is -0.557. The van der Waals surface area contributed by atoms with Gasteiger partial charge in [0.2, 0.25) is 0 Å². The van der Waals surface area contributed by atoms with Crippen LogP contribution in [0, 0.1) is 10.1 Å². The van der Waals surface area contributed by atoms with E-state index >= 15 is 0 Å². The van der Waals surface area contributed by atoms with Crippen LogP contribution in [0.15, 0.2) is 18.2 Å². The van der Waals surface area contributed by atoms with E-state index in [9.17, 15) is 14.9 Å². The molecule has 1 rings (SSSR count). The van der Waals surface area contributed by atoms with Crippen LogP contribution in [0.25, 0.3) is 0 Å². The average Bonchev–Trinajstić information content (AvgIpc) is 2.30. The van der Waals surface area contributed by atoms with Crippen molar-refractivity contribution in [2.24, 2.45) is 0 Å². The van der Waals surface area contributed by atoms with Gasteiger partial charge in [-0.2, -0.15) is 0 Å². The minimum atomic E-state index is -0.557. The number of nitrogens with zero attached hydrogens (tertiary/aromatic N) is 1. The Balaban J connectivity index is 3.09. The zero-order chi connectivity index (χ0) is 12.8. The normalized spacial score (nSPS) is 9.76. The summed E-state index contributed by atoms with van der Waals surface area (Å²) in [5.41, 5.74) is 0.447. The standard InChI is InChI=1S/C11H14N2O4/c1-3-12-9-6-5-8(11(14)17-4-2)7-10(9)13(15)16/h5-7,12H,3-4H2,1-2H3. The molecule has 0 aliphatic rings. The van der Waals surface area contributed by atoms with Crippen molar-refractivity contribution in [3.05, 3.63) is 33.9 Å². The first-order valence-electron chi connectivity index (χ1n) is 5.29. The van der Waals surface area contributed by atoms with Gasteiger partial charge in [0.1, 0.15) is 5.69 Å². The van der Waals surface area contributed by atoms with E-state index < -0.39 is 10.9 Å². The Kier molecular flexibility index (Phi) is 4.45. The SMILES string of the molecule is CCNc1ccc(C(=O)OCC)cc1[N+](=O)[O-]. The van der Waals surface area contributed by atoms with Crippen molar-refractivity contribution in [3.63, 3.8) is 0 Å². The fourth-order valence-electron chi connectivity index (χ4n) is 1.36. The van der Waals surface area contributed by atoms with Gasteiger partial charge >= 0.3 is 5.97 Å². The lowest BCUT2D eigenvalue weighted by atomic mass is 10.1. The molecule has 0 spiro atoms. The first-order chi connectivity index (χ1) is 8.10. The van der Waals surface area contributed by atoms with E-state index in [1.807, 2.05) is 6.92 Å². The average molecular weight is 238 g/mol.